The molecular weight excluding hydrogens is 334 g/mol. The second-order valence-corrected chi connectivity index (χ2v) is 5.71. The number of nitrogens with zero attached hydrogens (tertiary/aromatic N) is 2. The molecule has 25 heavy (non-hydrogen) atoms. The van der Waals surface area contributed by atoms with Gasteiger partial charge in [-0.1, -0.05) is 12.8 Å². The van der Waals surface area contributed by atoms with Gasteiger partial charge >= 0.3 is 5.97 Å². The van der Waals surface area contributed by atoms with Crippen molar-refractivity contribution in [2.45, 2.75) is 38.1 Å². The molecule has 1 fully saturated rings. The van der Waals surface area contributed by atoms with Gasteiger partial charge in [0.1, 0.15) is 0 Å². The molecule has 0 heterocycles. The van der Waals surface area contributed by atoms with Gasteiger partial charge in [-0.3, -0.25) is 29.8 Å². The molecule has 1 aromatic carbocycles. The Balaban J connectivity index is 1.92. The van der Waals surface area contributed by atoms with Gasteiger partial charge in [-0.25, -0.2) is 0 Å². The van der Waals surface area contributed by atoms with Crippen LogP contribution in [0.25, 0.3) is 0 Å². The zero-order chi connectivity index (χ0) is 18.4. The molecule has 0 aromatic heterocycles. The van der Waals surface area contributed by atoms with Gasteiger partial charge in [0.05, 0.1) is 22.3 Å². The molecule has 1 aliphatic rings. The van der Waals surface area contributed by atoms with Crippen molar-refractivity contribution in [1.29, 1.82) is 0 Å². The SMILES string of the molecule is O=C(COC(=O)Cc1ccc([N+](=O)[O-])cc1[N+](=O)[O-])NC1CCCC1. The zero-order valence-electron chi connectivity index (χ0n) is 13.3. The largest absolute Gasteiger partial charge is 0.455 e. The van der Waals surface area contributed by atoms with Crippen molar-refractivity contribution < 1.29 is 24.2 Å². The summed E-state index contributed by atoms with van der Waals surface area (Å²) in [6, 6.07) is 3.09. The molecule has 1 aromatic rings. The fraction of sp³-hybridized carbons (Fsp3) is 0.467. The first kappa shape index (κ1) is 18.3. The van der Waals surface area contributed by atoms with E-state index in [0.717, 1.165) is 43.9 Å². The number of hydrogen-bond donors (Lipinski definition) is 1. The fourth-order valence-corrected chi connectivity index (χ4v) is 2.68. The maximum absolute atomic E-state index is 11.8. The molecule has 1 N–H and O–H groups in total. The molecule has 0 aliphatic heterocycles. The molecule has 1 amide bonds. The Kier molecular flexibility index (Phi) is 5.98. The smallest absolute Gasteiger partial charge is 0.311 e. The highest BCUT2D eigenvalue weighted by Gasteiger charge is 2.22. The van der Waals surface area contributed by atoms with Gasteiger partial charge in [0.25, 0.3) is 17.3 Å². The van der Waals surface area contributed by atoms with E-state index in [1.165, 1.54) is 0 Å². The van der Waals surface area contributed by atoms with Crippen LogP contribution in [-0.4, -0.2) is 34.4 Å². The van der Waals surface area contributed by atoms with E-state index in [1.807, 2.05) is 0 Å². The Morgan fingerprint density at radius 1 is 1.16 bits per heavy atom. The van der Waals surface area contributed by atoms with Crippen LogP contribution in [0.4, 0.5) is 11.4 Å². The molecule has 2 rings (SSSR count). The predicted molar refractivity (Wildman–Crippen MR) is 84.8 cm³/mol. The summed E-state index contributed by atoms with van der Waals surface area (Å²) in [5.74, 6) is -1.24. The Morgan fingerprint density at radius 2 is 1.84 bits per heavy atom. The van der Waals surface area contributed by atoms with Gasteiger partial charge in [-0.05, 0) is 18.9 Å². The van der Waals surface area contributed by atoms with E-state index in [9.17, 15) is 29.8 Å². The maximum Gasteiger partial charge on any atom is 0.311 e. The lowest BCUT2D eigenvalue weighted by atomic mass is 10.1. The number of hydrogen-bond acceptors (Lipinski definition) is 7. The van der Waals surface area contributed by atoms with E-state index in [2.05, 4.69) is 5.32 Å². The van der Waals surface area contributed by atoms with Crippen molar-refractivity contribution in [3.8, 4) is 0 Å². The van der Waals surface area contributed by atoms with E-state index in [-0.39, 0.29) is 11.6 Å². The second kappa shape index (κ2) is 8.18. The third-order valence-corrected chi connectivity index (χ3v) is 3.90. The lowest BCUT2D eigenvalue weighted by Gasteiger charge is -2.12. The number of carbonyl (C=O) groups is 2. The number of benzene rings is 1. The Labute approximate surface area is 142 Å². The number of carbonyl (C=O) groups excluding carboxylic acids is 2. The minimum absolute atomic E-state index is 0.0169. The van der Waals surface area contributed by atoms with Crippen LogP contribution in [-0.2, 0) is 20.7 Å². The van der Waals surface area contributed by atoms with E-state index in [4.69, 9.17) is 4.74 Å². The number of non-ortho nitro benzene ring substituents is 1. The number of nitro groups is 2. The quantitative estimate of drug-likeness (QED) is 0.447. The highest BCUT2D eigenvalue weighted by molar-refractivity contribution is 5.81. The minimum atomic E-state index is -0.821. The van der Waals surface area contributed by atoms with Crippen LogP contribution in [0.3, 0.4) is 0 Å². The van der Waals surface area contributed by atoms with E-state index >= 15 is 0 Å². The molecule has 10 nitrogen and oxygen atoms in total. The average molecular weight is 351 g/mol. The third kappa shape index (κ3) is 5.23. The van der Waals surface area contributed by atoms with Crippen LogP contribution >= 0.6 is 0 Å². The van der Waals surface area contributed by atoms with Crippen LogP contribution in [0.15, 0.2) is 18.2 Å². The lowest BCUT2D eigenvalue weighted by molar-refractivity contribution is -0.394. The van der Waals surface area contributed by atoms with Gasteiger partial charge in [-0.15, -0.1) is 0 Å². The Bertz CT molecular complexity index is 698. The van der Waals surface area contributed by atoms with Crippen LogP contribution in [0, 0.1) is 20.2 Å². The molecule has 0 bridgehead atoms. The number of ether oxygens (including phenoxy) is 1. The molecule has 1 aliphatic carbocycles. The first-order valence-corrected chi connectivity index (χ1v) is 7.73. The first-order chi connectivity index (χ1) is 11.9. The van der Waals surface area contributed by atoms with E-state index in [0.29, 0.717) is 0 Å². The van der Waals surface area contributed by atoms with Gasteiger partial charge < -0.3 is 10.1 Å². The highest BCUT2D eigenvalue weighted by Crippen LogP contribution is 2.25. The first-order valence-electron chi connectivity index (χ1n) is 7.73. The summed E-state index contributed by atoms with van der Waals surface area (Å²) in [7, 11) is 0. The summed E-state index contributed by atoms with van der Waals surface area (Å²) < 4.78 is 4.82. The van der Waals surface area contributed by atoms with Gasteiger partial charge in [0, 0.05) is 17.7 Å². The summed E-state index contributed by atoms with van der Waals surface area (Å²) in [4.78, 5) is 43.6. The van der Waals surface area contributed by atoms with Crippen molar-refractivity contribution in [2.75, 3.05) is 6.61 Å². The number of amides is 1. The van der Waals surface area contributed by atoms with Crippen molar-refractivity contribution >= 4 is 23.3 Å². The van der Waals surface area contributed by atoms with Crippen molar-refractivity contribution in [3.63, 3.8) is 0 Å². The molecule has 0 atom stereocenters. The van der Waals surface area contributed by atoms with Gasteiger partial charge in [0.15, 0.2) is 6.61 Å². The molecule has 134 valence electrons. The van der Waals surface area contributed by atoms with Crippen molar-refractivity contribution in [1.82, 2.24) is 5.32 Å². The second-order valence-electron chi connectivity index (χ2n) is 5.71. The predicted octanol–water partition coefficient (Wildman–Crippen LogP) is 1.65. The van der Waals surface area contributed by atoms with Gasteiger partial charge in [0.2, 0.25) is 0 Å². The number of nitrogens with one attached hydrogen (secondary N) is 1. The molecular formula is C15H17N3O7. The average Bonchev–Trinajstić information content (AvgIpc) is 3.05. The molecule has 1 saturated carbocycles. The van der Waals surface area contributed by atoms with Crippen LogP contribution in [0.1, 0.15) is 31.2 Å². The summed E-state index contributed by atoms with van der Waals surface area (Å²) >= 11 is 0. The monoisotopic (exact) mass is 351 g/mol. The molecule has 0 unspecified atom stereocenters. The molecule has 10 heteroatoms. The summed E-state index contributed by atoms with van der Waals surface area (Å²) in [5.41, 5.74) is -1.00. The molecule has 0 saturated heterocycles. The van der Waals surface area contributed by atoms with Crippen molar-refractivity contribution in [3.05, 3.63) is 44.0 Å². The Hall–Kier alpha value is -3.04. The maximum atomic E-state index is 11.8. The Morgan fingerprint density at radius 3 is 2.44 bits per heavy atom. The van der Waals surface area contributed by atoms with E-state index < -0.39 is 46.1 Å². The molecule has 0 spiro atoms. The number of rotatable bonds is 7. The van der Waals surface area contributed by atoms with Crippen LogP contribution < -0.4 is 5.32 Å². The molecule has 0 radical (unpaired) electrons. The van der Waals surface area contributed by atoms with Crippen molar-refractivity contribution in [2.24, 2.45) is 0 Å². The third-order valence-electron chi connectivity index (χ3n) is 3.90. The van der Waals surface area contributed by atoms with E-state index in [1.54, 1.807) is 0 Å². The summed E-state index contributed by atoms with van der Waals surface area (Å²) in [6.07, 6.45) is 3.44. The normalized spacial score (nSPS) is 14.1. The van der Waals surface area contributed by atoms with Crippen LogP contribution in [0.2, 0.25) is 0 Å². The minimum Gasteiger partial charge on any atom is -0.455 e. The fourth-order valence-electron chi connectivity index (χ4n) is 2.68. The zero-order valence-corrected chi connectivity index (χ0v) is 13.3. The number of esters is 1. The summed E-state index contributed by atoms with van der Waals surface area (Å²) in [5, 5.41) is 24.4. The topological polar surface area (TPSA) is 142 Å². The summed E-state index contributed by atoms with van der Waals surface area (Å²) in [6.45, 7) is -0.462. The van der Waals surface area contributed by atoms with Crippen LogP contribution in [0.5, 0.6) is 0 Å². The van der Waals surface area contributed by atoms with Gasteiger partial charge in [-0.2, -0.15) is 0 Å². The number of nitro benzene ring substituents is 2. The lowest BCUT2D eigenvalue weighted by Crippen LogP contribution is -2.36. The highest BCUT2D eigenvalue weighted by atomic mass is 16.6. The standard InChI is InChI=1S/C15H17N3O7/c19-14(16-11-3-1-2-4-11)9-25-15(20)7-10-5-6-12(17(21)22)8-13(10)18(23)24/h5-6,8,11H,1-4,7,9H2,(H,16,19).